The van der Waals surface area contributed by atoms with Gasteiger partial charge in [0.1, 0.15) is 0 Å². The van der Waals surface area contributed by atoms with Crippen molar-refractivity contribution in [2.75, 3.05) is 6.54 Å². The highest BCUT2D eigenvalue weighted by atomic mass is 32.1. The van der Waals surface area contributed by atoms with Gasteiger partial charge in [-0.25, -0.2) is 4.98 Å². The summed E-state index contributed by atoms with van der Waals surface area (Å²) < 4.78 is 0.993. The van der Waals surface area contributed by atoms with Gasteiger partial charge in [-0.1, -0.05) is 13.8 Å². The van der Waals surface area contributed by atoms with Crippen molar-refractivity contribution in [3.63, 3.8) is 0 Å². The largest absolute Gasteiger partial charge is 0.391 e. The lowest BCUT2D eigenvalue weighted by Gasteiger charge is -2.14. The van der Waals surface area contributed by atoms with Crippen molar-refractivity contribution in [2.24, 2.45) is 5.92 Å². The van der Waals surface area contributed by atoms with E-state index >= 15 is 0 Å². The first-order valence-electron chi connectivity index (χ1n) is 5.87. The zero-order valence-electron chi connectivity index (χ0n) is 10.4. The zero-order chi connectivity index (χ0) is 13.1. The second-order valence-corrected chi connectivity index (χ2v) is 5.44. The molecular weight excluding hydrogens is 248 g/mol. The molecule has 2 rings (SSSR count). The van der Waals surface area contributed by atoms with Crippen LogP contribution in [0.25, 0.3) is 10.2 Å². The Hall–Kier alpha value is -1.46. The first kappa shape index (κ1) is 13.0. The minimum Gasteiger partial charge on any atom is -0.391 e. The summed E-state index contributed by atoms with van der Waals surface area (Å²) in [6.45, 7) is 4.11. The van der Waals surface area contributed by atoms with Gasteiger partial charge in [-0.2, -0.15) is 0 Å². The third kappa shape index (κ3) is 2.86. The lowest BCUT2D eigenvalue weighted by atomic mass is 10.1. The molecule has 1 unspecified atom stereocenters. The van der Waals surface area contributed by atoms with Crippen molar-refractivity contribution in [1.82, 2.24) is 10.3 Å². The molecule has 18 heavy (non-hydrogen) atoms. The van der Waals surface area contributed by atoms with E-state index < -0.39 is 6.10 Å². The van der Waals surface area contributed by atoms with Crippen LogP contribution in [0.4, 0.5) is 0 Å². The van der Waals surface area contributed by atoms with E-state index in [0.717, 1.165) is 10.2 Å². The van der Waals surface area contributed by atoms with Gasteiger partial charge in [0, 0.05) is 12.1 Å². The number of fused-ring (bicyclic) bond motifs is 1. The van der Waals surface area contributed by atoms with Gasteiger partial charge in [0.2, 0.25) is 0 Å². The fourth-order valence-corrected chi connectivity index (χ4v) is 2.25. The second kappa shape index (κ2) is 5.46. The SMILES string of the molecule is CC(C)C(O)CNC(=O)c1ccc2ncsc2c1. The summed E-state index contributed by atoms with van der Waals surface area (Å²) in [5, 5.41) is 12.4. The fraction of sp³-hybridized carbons (Fsp3) is 0.385. The number of benzene rings is 1. The zero-order valence-corrected chi connectivity index (χ0v) is 11.2. The summed E-state index contributed by atoms with van der Waals surface area (Å²) in [4.78, 5) is 16.1. The Labute approximate surface area is 110 Å². The molecule has 1 heterocycles. The number of amides is 1. The van der Waals surface area contributed by atoms with Crippen LogP contribution in [-0.2, 0) is 0 Å². The van der Waals surface area contributed by atoms with E-state index in [4.69, 9.17) is 0 Å². The molecule has 0 saturated heterocycles. The number of thiazole rings is 1. The quantitative estimate of drug-likeness (QED) is 0.888. The normalized spacial score (nSPS) is 12.9. The molecule has 1 amide bonds. The highest BCUT2D eigenvalue weighted by molar-refractivity contribution is 7.16. The standard InChI is InChI=1S/C13H16N2O2S/c1-8(2)11(16)6-14-13(17)9-3-4-10-12(5-9)18-7-15-10/h3-5,7-8,11,16H,6H2,1-2H3,(H,14,17). The fourth-order valence-electron chi connectivity index (χ4n) is 1.53. The van der Waals surface area contributed by atoms with Gasteiger partial charge in [-0.3, -0.25) is 4.79 Å². The second-order valence-electron chi connectivity index (χ2n) is 4.56. The number of rotatable bonds is 4. The van der Waals surface area contributed by atoms with E-state index in [1.807, 2.05) is 26.0 Å². The molecule has 2 aromatic rings. The number of carbonyl (C=O) groups excluding carboxylic acids is 1. The maximum atomic E-state index is 11.9. The lowest BCUT2D eigenvalue weighted by Crippen LogP contribution is -2.34. The van der Waals surface area contributed by atoms with Crippen molar-refractivity contribution in [3.05, 3.63) is 29.3 Å². The molecule has 2 N–H and O–H groups in total. The smallest absolute Gasteiger partial charge is 0.251 e. The van der Waals surface area contributed by atoms with Crippen LogP contribution in [0.1, 0.15) is 24.2 Å². The number of nitrogens with one attached hydrogen (secondary N) is 1. The molecule has 0 aliphatic rings. The Morgan fingerprint density at radius 1 is 1.50 bits per heavy atom. The van der Waals surface area contributed by atoms with Crippen LogP contribution < -0.4 is 5.32 Å². The molecule has 0 bridgehead atoms. The lowest BCUT2D eigenvalue weighted by molar-refractivity contribution is 0.0872. The molecular formula is C13H16N2O2S. The van der Waals surface area contributed by atoms with E-state index in [-0.39, 0.29) is 18.4 Å². The minimum absolute atomic E-state index is 0.134. The Balaban J connectivity index is 2.04. The van der Waals surface area contributed by atoms with Crippen LogP contribution in [0.15, 0.2) is 23.7 Å². The van der Waals surface area contributed by atoms with Crippen LogP contribution in [0.5, 0.6) is 0 Å². The average Bonchev–Trinajstić information content (AvgIpc) is 2.82. The van der Waals surface area contributed by atoms with Gasteiger partial charge in [0.25, 0.3) is 5.91 Å². The summed E-state index contributed by atoms with van der Waals surface area (Å²) in [5.41, 5.74) is 3.26. The number of nitrogens with zero attached hydrogens (tertiary/aromatic N) is 1. The van der Waals surface area contributed by atoms with Gasteiger partial charge in [0.15, 0.2) is 0 Å². The summed E-state index contributed by atoms with van der Waals surface area (Å²) in [6, 6.07) is 5.41. The van der Waals surface area contributed by atoms with Gasteiger partial charge in [-0.05, 0) is 24.1 Å². The molecule has 5 heteroatoms. The summed E-state index contributed by atoms with van der Waals surface area (Å²) in [5.74, 6) is -0.0284. The van der Waals surface area contributed by atoms with Gasteiger partial charge in [-0.15, -0.1) is 11.3 Å². The molecule has 0 spiro atoms. The third-order valence-corrected chi connectivity index (χ3v) is 3.63. The van der Waals surface area contributed by atoms with Crippen molar-refractivity contribution in [1.29, 1.82) is 0 Å². The van der Waals surface area contributed by atoms with Gasteiger partial charge >= 0.3 is 0 Å². The molecule has 0 radical (unpaired) electrons. The first-order chi connectivity index (χ1) is 8.58. The van der Waals surface area contributed by atoms with Crippen LogP contribution in [0, 0.1) is 5.92 Å². The van der Waals surface area contributed by atoms with E-state index in [9.17, 15) is 9.90 Å². The van der Waals surface area contributed by atoms with Crippen molar-refractivity contribution < 1.29 is 9.90 Å². The maximum absolute atomic E-state index is 11.9. The van der Waals surface area contributed by atoms with E-state index in [1.54, 1.807) is 11.6 Å². The summed E-state index contributed by atoms with van der Waals surface area (Å²) in [7, 11) is 0. The Morgan fingerprint density at radius 3 is 3.00 bits per heavy atom. The van der Waals surface area contributed by atoms with Gasteiger partial charge in [0.05, 0.1) is 21.8 Å². The molecule has 96 valence electrons. The Morgan fingerprint density at radius 2 is 2.28 bits per heavy atom. The van der Waals surface area contributed by atoms with E-state index in [2.05, 4.69) is 10.3 Å². The van der Waals surface area contributed by atoms with Crippen molar-refractivity contribution >= 4 is 27.5 Å². The summed E-state index contributed by atoms with van der Waals surface area (Å²) in [6.07, 6.45) is -0.513. The van der Waals surface area contributed by atoms with E-state index in [0.29, 0.717) is 5.56 Å². The summed E-state index contributed by atoms with van der Waals surface area (Å²) >= 11 is 1.51. The Bertz CT molecular complexity index is 551. The van der Waals surface area contributed by atoms with Gasteiger partial charge < -0.3 is 10.4 Å². The van der Waals surface area contributed by atoms with E-state index in [1.165, 1.54) is 11.3 Å². The molecule has 1 aromatic carbocycles. The number of aliphatic hydroxyl groups excluding tert-OH is 1. The molecule has 0 saturated carbocycles. The van der Waals surface area contributed by atoms with Crippen molar-refractivity contribution in [2.45, 2.75) is 20.0 Å². The van der Waals surface area contributed by atoms with Crippen LogP contribution in [0.2, 0.25) is 0 Å². The number of carbonyl (C=O) groups is 1. The maximum Gasteiger partial charge on any atom is 0.251 e. The Kier molecular flexibility index (Phi) is 3.93. The highest BCUT2D eigenvalue weighted by Crippen LogP contribution is 2.18. The molecule has 4 nitrogen and oxygen atoms in total. The first-order valence-corrected chi connectivity index (χ1v) is 6.75. The van der Waals surface area contributed by atoms with Crippen molar-refractivity contribution in [3.8, 4) is 0 Å². The number of aromatic nitrogens is 1. The molecule has 0 aliphatic carbocycles. The number of aliphatic hydroxyl groups is 1. The van der Waals surface area contributed by atoms with Crippen LogP contribution >= 0.6 is 11.3 Å². The predicted octanol–water partition coefficient (Wildman–Crippen LogP) is 2.04. The molecule has 0 fully saturated rings. The minimum atomic E-state index is -0.513. The molecule has 0 aliphatic heterocycles. The number of hydrogen-bond donors (Lipinski definition) is 2. The highest BCUT2D eigenvalue weighted by Gasteiger charge is 2.12. The molecule has 1 aromatic heterocycles. The topological polar surface area (TPSA) is 62.2 Å². The average molecular weight is 264 g/mol. The number of hydrogen-bond acceptors (Lipinski definition) is 4. The molecule has 1 atom stereocenters. The van der Waals surface area contributed by atoms with Crippen LogP contribution in [0.3, 0.4) is 0 Å². The third-order valence-electron chi connectivity index (χ3n) is 2.83. The van der Waals surface area contributed by atoms with Crippen LogP contribution in [-0.4, -0.2) is 28.6 Å². The monoisotopic (exact) mass is 264 g/mol. The predicted molar refractivity (Wildman–Crippen MR) is 72.8 cm³/mol.